The van der Waals surface area contributed by atoms with Crippen molar-refractivity contribution in [2.75, 3.05) is 13.2 Å². The molecular formula is C47H82O17P2. The number of epoxide rings is 1. The maximum Gasteiger partial charge on any atom is 0.472 e. The minimum Gasteiger partial charge on any atom is -0.462 e. The van der Waals surface area contributed by atoms with Crippen LogP contribution in [-0.4, -0.2) is 115 Å². The van der Waals surface area contributed by atoms with Gasteiger partial charge in [0.15, 0.2) is 6.10 Å². The van der Waals surface area contributed by atoms with E-state index in [1.807, 2.05) is 12.2 Å². The Morgan fingerprint density at radius 3 is 1.64 bits per heavy atom. The van der Waals surface area contributed by atoms with E-state index in [1.54, 1.807) is 0 Å². The van der Waals surface area contributed by atoms with Crippen LogP contribution in [0.15, 0.2) is 48.6 Å². The van der Waals surface area contributed by atoms with E-state index in [4.69, 9.17) is 23.3 Å². The van der Waals surface area contributed by atoms with Crippen LogP contribution in [0.3, 0.4) is 0 Å². The van der Waals surface area contributed by atoms with Gasteiger partial charge in [-0.1, -0.05) is 127 Å². The largest absolute Gasteiger partial charge is 0.472 e. The highest BCUT2D eigenvalue weighted by molar-refractivity contribution is 7.47. The number of ether oxygens (including phenoxy) is 3. The van der Waals surface area contributed by atoms with Crippen LogP contribution < -0.4 is 0 Å². The average molecular weight is 981 g/mol. The fraction of sp³-hybridized carbons (Fsp3) is 0.787. The number of aliphatic hydroxyl groups excluding tert-OH is 4. The molecule has 66 heavy (non-hydrogen) atoms. The lowest BCUT2D eigenvalue weighted by atomic mass is 9.85. The number of carbonyl (C=O) groups excluding carboxylic acids is 2. The van der Waals surface area contributed by atoms with E-state index in [-0.39, 0.29) is 18.9 Å². The minimum absolute atomic E-state index is 0.0235. The van der Waals surface area contributed by atoms with E-state index < -0.39 is 83.5 Å². The molecule has 2 fully saturated rings. The van der Waals surface area contributed by atoms with E-state index >= 15 is 0 Å². The van der Waals surface area contributed by atoms with Gasteiger partial charge in [-0.25, -0.2) is 9.13 Å². The maximum atomic E-state index is 13.0. The molecule has 19 heteroatoms. The Kier molecular flexibility index (Phi) is 31.9. The summed E-state index contributed by atoms with van der Waals surface area (Å²) in [6, 6.07) is 0. The second kappa shape index (κ2) is 35.1. The second-order valence-electron chi connectivity index (χ2n) is 17.2. The first kappa shape index (κ1) is 60.0. The van der Waals surface area contributed by atoms with Gasteiger partial charge >= 0.3 is 27.6 Å². The molecule has 2 rings (SSSR count). The molecule has 382 valence electrons. The number of carbonyl (C=O) groups is 2. The third-order valence-electron chi connectivity index (χ3n) is 11.3. The summed E-state index contributed by atoms with van der Waals surface area (Å²) < 4.78 is 55.1. The number of phosphoric acid groups is 2. The number of phosphoric ester groups is 2. The number of hydrogen-bond donors (Lipinski definition) is 7. The van der Waals surface area contributed by atoms with Crippen LogP contribution in [0, 0.1) is 0 Å². The smallest absolute Gasteiger partial charge is 0.462 e. The summed E-state index contributed by atoms with van der Waals surface area (Å²) in [6.07, 6.45) is 25.3. The highest BCUT2D eigenvalue weighted by atomic mass is 31.2. The fourth-order valence-electron chi connectivity index (χ4n) is 7.35. The Morgan fingerprint density at radius 2 is 1.02 bits per heavy atom. The standard InChI is InChI=1S/C47H82O17P2/c1-3-5-7-9-11-12-13-14-15-16-17-18-21-26-30-34-41(49)61-37(36-60-66(57,58)64-47-44(52)42(50)43(51)46(45(47)53)63-65(54,55)56)35-59-40(48)33-29-25-22-19-20-24-28-32-39-38(62-39)31-27-23-10-8-6-4-2/h12-13,19,22-24,27-28,37-39,42-47,50-53H,3-11,14-18,20-21,25-26,29-36H2,1-2H3,(H,57,58)(H2,54,55,56)/b13-12-,22-19-,27-23-,28-24-/t37-,38?,39?,42?,43?,44?,45?,46-,47+/m1/s1. The zero-order valence-electron chi connectivity index (χ0n) is 39.3. The van der Waals surface area contributed by atoms with Gasteiger partial charge in [0.1, 0.15) is 43.2 Å². The lowest BCUT2D eigenvalue weighted by molar-refractivity contribution is -0.216. The Labute approximate surface area is 392 Å². The highest BCUT2D eigenvalue weighted by Gasteiger charge is 2.54. The fourth-order valence-corrected chi connectivity index (χ4v) is 8.89. The van der Waals surface area contributed by atoms with Gasteiger partial charge in [-0.3, -0.25) is 23.2 Å². The molecule has 1 aliphatic carbocycles. The normalized spacial score (nSPS) is 25.0. The van der Waals surface area contributed by atoms with E-state index in [0.29, 0.717) is 25.4 Å². The van der Waals surface area contributed by atoms with Gasteiger partial charge in [0.05, 0.1) is 18.8 Å². The summed E-state index contributed by atoms with van der Waals surface area (Å²) in [5.74, 6) is -1.28. The van der Waals surface area contributed by atoms with Crippen molar-refractivity contribution >= 4 is 27.6 Å². The topological polar surface area (TPSA) is 269 Å². The SMILES string of the molecule is CCCCC/C=C\CC1OC1C/C=C\C/C=C\CCCC(=O)OC[C@H](COP(=O)(O)O[C@H]1C(O)C(O)C(O)[C@@H](OP(=O)(O)O)C1O)OC(=O)CCCCCCCCC/C=C\CCCCCC. The molecule has 1 aliphatic heterocycles. The molecule has 7 unspecified atom stereocenters. The van der Waals surface area contributed by atoms with Crippen molar-refractivity contribution in [3.63, 3.8) is 0 Å². The number of rotatable bonds is 39. The first-order chi connectivity index (χ1) is 31.6. The minimum atomic E-state index is -5.37. The molecule has 17 nitrogen and oxygen atoms in total. The van der Waals surface area contributed by atoms with E-state index in [1.165, 1.54) is 44.9 Å². The lowest BCUT2D eigenvalue weighted by Gasteiger charge is -2.43. The van der Waals surface area contributed by atoms with E-state index in [0.717, 1.165) is 77.0 Å². The zero-order chi connectivity index (χ0) is 48.6. The van der Waals surface area contributed by atoms with Gasteiger partial charge in [0.25, 0.3) is 0 Å². The Balaban J connectivity index is 1.81. The highest BCUT2D eigenvalue weighted by Crippen LogP contribution is 2.49. The van der Waals surface area contributed by atoms with Crippen molar-refractivity contribution in [1.29, 1.82) is 0 Å². The molecule has 0 spiro atoms. The van der Waals surface area contributed by atoms with Crippen molar-refractivity contribution in [3.8, 4) is 0 Å². The van der Waals surface area contributed by atoms with Gasteiger partial charge in [-0.2, -0.15) is 0 Å². The quantitative estimate of drug-likeness (QED) is 0.0100. The molecular weight excluding hydrogens is 898 g/mol. The van der Waals surface area contributed by atoms with Gasteiger partial charge in [-0.15, -0.1) is 0 Å². The summed E-state index contributed by atoms with van der Waals surface area (Å²) in [5.41, 5.74) is 0. The van der Waals surface area contributed by atoms with E-state index in [9.17, 15) is 53.8 Å². The third kappa shape index (κ3) is 28.4. The number of hydrogen-bond acceptors (Lipinski definition) is 14. The summed E-state index contributed by atoms with van der Waals surface area (Å²) in [7, 11) is -10.7. The Hall–Kier alpha value is -2.08. The predicted molar refractivity (Wildman–Crippen MR) is 250 cm³/mol. The van der Waals surface area contributed by atoms with Gasteiger partial charge in [-0.05, 0) is 77.0 Å². The van der Waals surface area contributed by atoms with E-state index in [2.05, 4.69) is 54.8 Å². The van der Waals surface area contributed by atoms with Gasteiger partial charge in [0.2, 0.25) is 0 Å². The molecule has 0 radical (unpaired) electrons. The summed E-state index contributed by atoms with van der Waals surface area (Å²) in [5, 5.41) is 41.3. The monoisotopic (exact) mass is 981 g/mol. The molecule has 2 aliphatic rings. The molecule has 0 amide bonds. The molecule has 0 bridgehead atoms. The first-order valence-corrected chi connectivity index (χ1v) is 27.3. The molecule has 0 aromatic carbocycles. The molecule has 10 atom stereocenters. The van der Waals surface area contributed by atoms with Crippen LogP contribution in [0.4, 0.5) is 0 Å². The molecule has 7 N–H and O–H groups in total. The van der Waals surface area contributed by atoms with Gasteiger partial charge in [0, 0.05) is 12.8 Å². The van der Waals surface area contributed by atoms with Crippen LogP contribution in [0.1, 0.15) is 168 Å². The van der Waals surface area contributed by atoms with Crippen LogP contribution in [-0.2, 0) is 46.5 Å². The lowest BCUT2D eigenvalue weighted by Crippen LogP contribution is -2.64. The molecule has 1 saturated carbocycles. The number of esters is 2. The Bertz CT molecular complexity index is 1530. The van der Waals surface area contributed by atoms with Crippen molar-refractivity contribution in [2.45, 2.75) is 223 Å². The van der Waals surface area contributed by atoms with Crippen LogP contribution in [0.5, 0.6) is 0 Å². The maximum absolute atomic E-state index is 13.0. The number of aliphatic hydroxyl groups is 4. The summed E-state index contributed by atoms with van der Waals surface area (Å²) >= 11 is 0. The number of unbranched alkanes of at least 4 members (excludes halogenated alkanes) is 15. The average Bonchev–Trinajstić information content (AvgIpc) is 4.03. The predicted octanol–water partition coefficient (Wildman–Crippen LogP) is 8.27. The van der Waals surface area contributed by atoms with Crippen LogP contribution in [0.2, 0.25) is 0 Å². The van der Waals surface area contributed by atoms with Crippen LogP contribution >= 0.6 is 15.6 Å². The van der Waals surface area contributed by atoms with Crippen molar-refractivity contribution in [1.82, 2.24) is 0 Å². The van der Waals surface area contributed by atoms with Crippen LogP contribution in [0.25, 0.3) is 0 Å². The molecule has 1 heterocycles. The third-order valence-corrected chi connectivity index (χ3v) is 12.8. The summed E-state index contributed by atoms with van der Waals surface area (Å²) in [4.78, 5) is 54.3. The molecule has 0 aromatic heterocycles. The molecule has 1 saturated heterocycles. The molecule has 0 aromatic rings. The van der Waals surface area contributed by atoms with Gasteiger partial charge < -0.3 is 49.3 Å². The Morgan fingerprint density at radius 1 is 0.545 bits per heavy atom. The second-order valence-corrected chi connectivity index (χ2v) is 19.8. The number of allylic oxidation sites excluding steroid dienone is 6. The van der Waals surface area contributed by atoms with Crippen molar-refractivity contribution < 1.29 is 81.6 Å². The van der Waals surface area contributed by atoms with Crippen molar-refractivity contribution in [2.24, 2.45) is 0 Å². The zero-order valence-corrected chi connectivity index (χ0v) is 41.1. The van der Waals surface area contributed by atoms with Crippen molar-refractivity contribution in [3.05, 3.63) is 48.6 Å². The summed E-state index contributed by atoms with van der Waals surface area (Å²) in [6.45, 7) is 3.01. The first-order valence-electron chi connectivity index (χ1n) is 24.3.